The second kappa shape index (κ2) is 12.8. The minimum absolute atomic E-state index is 0.0649. The Balaban J connectivity index is 1.12. The first kappa shape index (κ1) is 28.0. The summed E-state index contributed by atoms with van der Waals surface area (Å²) in [7, 11) is 0. The summed E-state index contributed by atoms with van der Waals surface area (Å²) in [5.74, 6) is -1.79. The maximum atomic E-state index is 12.6. The number of amides is 2. The third-order valence-electron chi connectivity index (χ3n) is 6.85. The second-order valence-corrected chi connectivity index (χ2v) is 10.5. The summed E-state index contributed by atoms with van der Waals surface area (Å²) >= 11 is 1.15. The number of thiazole rings is 1. The summed E-state index contributed by atoms with van der Waals surface area (Å²) in [4.78, 5) is 41.2. The highest BCUT2D eigenvalue weighted by Gasteiger charge is 2.30. The van der Waals surface area contributed by atoms with E-state index in [9.17, 15) is 19.5 Å². The topological polar surface area (TPSA) is 127 Å². The molecule has 3 N–H and O–H groups in total. The van der Waals surface area contributed by atoms with E-state index in [1.165, 1.54) is 0 Å². The first-order valence-corrected chi connectivity index (χ1v) is 14.0. The Hall–Kier alpha value is -4.54. The molecule has 0 unspecified atom stereocenters. The van der Waals surface area contributed by atoms with E-state index in [-0.39, 0.29) is 30.7 Å². The number of nitrogens with one attached hydrogen (secondary N) is 2. The summed E-state index contributed by atoms with van der Waals surface area (Å²) in [6, 6.07) is 24.3. The number of carbonyl (C=O) groups is 3. The van der Waals surface area contributed by atoms with Crippen molar-refractivity contribution in [3.8, 4) is 11.1 Å². The highest BCUT2D eigenvalue weighted by Crippen LogP contribution is 2.44. The maximum Gasteiger partial charge on any atom is 0.413 e. The molecular weight excluding hydrogens is 542 g/mol. The lowest BCUT2D eigenvalue weighted by Crippen LogP contribution is -2.49. The van der Waals surface area contributed by atoms with Gasteiger partial charge in [-0.15, -0.1) is 11.3 Å². The van der Waals surface area contributed by atoms with Crippen LogP contribution in [0.5, 0.6) is 0 Å². The molecule has 1 aliphatic rings. The van der Waals surface area contributed by atoms with Crippen molar-refractivity contribution in [3.05, 3.63) is 107 Å². The Morgan fingerprint density at radius 3 is 2.24 bits per heavy atom. The molecule has 9 nitrogen and oxygen atoms in total. The number of nitrogens with zero attached hydrogens (tertiary/aromatic N) is 1. The van der Waals surface area contributed by atoms with Gasteiger partial charge in [0.25, 0.3) is 0 Å². The minimum atomic E-state index is -1.23. The Bertz CT molecular complexity index is 1490. The van der Waals surface area contributed by atoms with Crippen molar-refractivity contribution in [2.75, 3.05) is 11.9 Å². The zero-order chi connectivity index (χ0) is 28.8. The highest BCUT2D eigenvalue weighted by atomic mass is 32.1. The standard InChI is InChI=1S/C31H29N3O6S/c1-19(39-16-20-9-3-2-4-10-20)28(29(36)37)33-27(35)15-21-18-41-30(32-21)34-31(38)40-17-26-24-13-7-5-11-22(24)23-12-6-8-14-25(23)26/h2-14,18-19,26,28H,15-17H2,1H3,(H,33,35)(H,36,37)(H,32,34,38)/t19-,28+/m1/s1. The normalized spacial score (nSPS) is 13.5. The zero-order valence-corrected chi connectivity index (χ0v) is 23.1. The highest BCUT2D eigenvalue weighted by molar-refractivity contribution is 7.13. The van der Waals surface area contributed by atoms with Crippen molar-refractivity contribution in [1.82, 2.24) is 10.3 Å². The van der Waals surface area contributed by atoms with Crippen molar-refractivity contribution < 1.29 is 29.0 Å². The van der Waals surface area contributed by atoms with E-state index in [4.69, 9.17) is 9.47 Å². The quantitative estimate of drug-likeness (QED) is 0.225. The SMILES string of the molecule is C[C@@H](OCc1ccccc1)[C@H](NC(=O)Cc1csc(NC(=O)OCC2c3ccccc3-c3ccccc32)n1)C(=O)O. The molecule has 0 saturated heterocycles. The second-order valence-electron chi connectivity index (χ2n) is 9.66. The van der Waals surface area contributed by atoms with Crippen LogP contribution in [0.4, 0.5) is 9.93 Å². The Kier molecular flexibility index (Phi) is 8.71. The van der Waals surface area contributed by atoms with Crippen molar-refractivity contribution in [2.45, 2.75) is 38.0 Å². The van der Waals surface area contributed by atoms with Gasteiger partial charge in [-0.2, -0.15) is 0 Å². The number of aromatic nitrogens is 1. The number of benzene rings is 3. The van der Waals surface area contributed by atoms with Gasteiger partial charge in [0.2, 0.25) is 5.91 Å². The van der Waals surface area contributed by atoms with Gasteiger partial charge in [0, 0.05) is 11.3 Å². The van der Waals surface area contributed by atoms with Crippen LogP contribution in [0.1, 0.15) is 35.2 Å². The number of hydrogen-bond acceptors (Lipinski definition) is 7. The van der Waals surface area contributed by atoms with E-state index in [2.05, 4.69) is 27.8 Å². The number of rotatable bonds is 11. The van der Waals surface area contributed by atoms with Crippen LogP contribution in [0.15, 0.2) is 84.2 Å². The fraction of sp³-hybridized carbons (Fsp3) is 0.226. The molecule has 0 aliphatic heterocycles. The van der Waals surface area contributed by atoms with E-state index in [0.717, 1.165) is 39.2 Å². The Morgan fingerprint density at radius 2 is 1.59 bits per heavy atom. The van der Waals surface area contributed by atoms with Crippen LogP contribution in [0.2, 0.25) is 0 Å². The van der Waals surface area contributed by atoms with Gasteiger partial charge in [0.1, 0.15) is 6.61 Å². The van der Waals surface area contributed by atoms with Crippen LogP contribution >= 0.6 is 11.3 Å². The van der Waals surface area contributed by atoms with Crippen LogP contribution in [0.3, 0.4) is 0 Å². The molecule has 41 heavy (non-hydrogen) atoms. The molecule has 210 valence electrons. The lowest BCUT2D eigenvalue weighted by Gasteiger charge is -2.22. The fourth-order valence-corrected chi connectivity index (χ4v) is 5.53. The van der Waals surface area contributed by atoms with E-state index in [1.807, 2.05) is 66.7 Å². The number of anilines is 1. The average molecular weight is 572 g/mol. The zero-order valence-electron chi connectivity index (χ0n) is 22.3. The van der Waals surface area contributed by atoms with Gasteiger partial charge < -0.3 is 19.9 Å². The van der Waals surface area contributed by atoms with E-state index < -0.39 is 30.1 Å². The first-order valence-electron chi connectivity index (χ1n) is 13.1. The lowest BCUT2D eigenvalue weighted by molar-refractivity contribution is -0.146. The summed E-state index contributed by atoms with van der Waals surface area (Å²) in [6.07, 6.45) is -1.57. The number of carboxylic acid groups (broad SMARTS) is 1. The predicted molar refractivity (Wildman–Crippen MR) is 155 cm³/mol. The molecule has 2 atom stereocenters. The maximum absolute atomic E-state index is 12.6. The number of fused-ring (bicyclic) bond motifs is 3. The monoisotopic (exact) mass is 571 g/mol. The molecule has 0 bridgehead atoms. The van der Waals surface area contributed by atoms with Crippen LogP contribution < -0.4 is 10.6 Å². The minimum Gasteiger partial charge on any atom is -0.480 e. The van der Waals surface area contributed by atoms with E-state index in [1.54, 1.807) is 12.3 Å². The van der Waals surface area contributed by atoms with Gasteiger partial charge in [-0.1, -0.05) is 78.9 Å². The fourth-order valence-electron chi connectivity index (χ4n) is 4.83. The number of hydrogen-bond donors (Lipinski definition) is 3. The molecular formula is C31H29N3O6S. The molecule has 0 fully saturated rings. The molecule has 3 aromatic carbocycles. The van der Waals surface area contributed by atoms with Gasteiger partial charge in [-0.05, 0) is 34.7 Å². The number of aliphatic carboxylic acids is 1. The van der Waals surface area contributed by atoms with Crippen molar-refractivity contribution in [3.63, 3.8) is 0 Å². The first-order chi connectivity index (χ1) is 19.9. The molecule has 2 amide bonds. The number of ether oxygens (including phenoxy) is 2. The molecule has 1 aliphatic carbocycles. The van der Waals surface area contributed by atoms with E-state index >= 15 is 0 Å². The molecule has 4 aromatic rings. The molecule has 1 aromatic heterocycles. The predicted octanol–water partition coefficient (Wildman–Crippen LogP) is 5.22. The van der Waals surface area contributed by atoms with Crippen LogP contribution in [-0.4, -0.2) is 46.8 Å². The molecule has 5 rings (SSSR count). The lowest BCUT2D eigenvalue weighted by atomic mass is 9.98. The van der Waals surface area contributed by atoms with Gasteiger partial charge in [0.15, 0.2) is 11.2 Å². The van der Waals surface area contributed by atoms with Gasteiger partial charge in [-0.3, -0.25) is 10.1 Å². The largest absolute Gasteiger partial charge is 0.480 e. The van der Waals surface area contributed by atoms with E-state index in [0.29, 0.717) is 5.69 Å². The van der Waals surface area contributed by atoms with Crippen molar-refractivity contribution in [2.24, 2.45) is 0 Å². The molecule has 0 spiro atoms. The van der Waals surface area contributed by atoms with Crippen LogP contribution in [0, 0.1) is 0 Å². The summed E-state index contributed by atoms with van der Waals surface area (Å²) in [5, 5.41) is 16.7. The molecule has 10 heteroatoms. The van der Waals surface area contributed by atoms with Gasteiger partial charge in [-0.25, -0.2) is 14.6 Å². The summed E-state index contributed by atoms with van der Waals surface area (Å²) in [5.41, 5.74) is 5.80. The molecule has 1 heterocycles. The van der Waals surface area contributed by atoms with Crippen molar-refractivity contribution >= 4 is 34.4 Å². The third kappa shape index (κ3) is 6.79. The summed E-state index contributed by atoms with van der Waals surface area (Å²) in [6.45, 7) is 1.99. The van der Waals surface area contributed by atoms with Crippen LogP contribution in [0.25, 0.3) is 11.1 Å². The molecule has 0 radical (unpaired) electrons. The number of carbonyl (C=O) groups excluding carboxylic acids is 2. The Labute approximate surface area is 241 Å². The van der Waals surface area contributed by atoms with Crippen molar-refractivity contribution in [1.29, 1.82) is 0 Å². The number of carboxylic acids is 1. The average Bonchev–Trinajstić information content (AvgIpc) is 3.55. The van der Waals surface area contributed by atoms with Gasteiger partial charge in [0.05, 0.1) is 24.8 Å². The van der Waals surface area contributed by atoms with Crippen LogP contribution in [-0.2, 0) is 32.1 Å². The Morgan fingerprint density at radius 1 is 0.951 bits per heavy atom. The van der Waals surface area contributed by atoms with Gasteiger partial charge >= 0.3 is 12.1 Å². The molecule has 0 saturated carbocycles. The smallest absolute Gasteiger partial charge is 0.413 e. The summed E-state index contributed by atoms with van der Waals surface area (Å²) < 4.78 is 11.2. The third-order valence-corrected chi connectivity index (χ3v) is 7.66.